The van der Waals surface area contributed by atoms with E-state index in [0.717, 1.165) is 25.7 Å². The summed E-state index contributed by atoms with van der Waals surface area (Å²) in [5, 5.41) is 9.00. The highest BCUT2D eigenvalue weighted by molar-refractivity contribution is 4.72. The van der Waals surface area contributed by atoms with Gasteiger partial charge >= 0.3 is 0 Å². The average molecular weight is 113 g/mol. The lowest BCUT2D eigenvalue weighted by Gasteiger charge is -2.21. The van der Waals surface area contributed by atoms with Crippen molar-refractivity contribution in [2.75, 3.05) is 0 Å². The molecular weight excluding hydrogens is 100 g/mol. The highest BCUT2D eigenvalue weighted by Gasteiger charge is 2.14. The van der Waals surface area contributed by atoms with E-state index in [0.29, 0.717) is 5.92 Å². The summed E-state index contributed by atoms with van der Waals surface area (Å²) < 4.78 is 0. The smallest absolute Gasteiger partial charge is 0.0540 e. The average Bonchev–Trinajstić information content (AvgIpc) is 1.77. The lowest BCUT2D eigenvalue weighted by Crippen LogP contribution is -2.15. The zero-order valence-electron chi connectivity index (χ0n) is 5.14. The van der Waals surface area contributed by atoms with E-state index in [2.05, 4.69) is 6.92 Å². The van der Waals surface area contributed by atoms with E-state index in [1.54, 1.807) is 0 Å². The van der Waals surface area contributed by atoms with E-state index in [4.69, 9.17) is 5.11 Å². The van der Waals surface area contributed by atoms with Crippen molar-refractivity contribution in [3.05, 3.63) is 6.92 Å². The van der Waals surface area contributed by atoms with E-state index < -0.39 is 0 Å². The number of hydrogen-bond acceptors (Lipinski definition) is 1. The Labute approximate surface area is 50.7 Å². The Bertz CT molecular complexity index is 52.8. The molecule has 0 spiro atoms. The number of rotatable bonds is 0. The minimum Gasteiger partial charge on any atom is -0.393 e. The second-order valence-electron chi connectivity index (χ2n) is 2.67. The van der Waals surface area contributed by atoms with Gasteiger partial charge in [-0.25, -0.2) is 0 Å². The lowest BCUT2D eigenvalue weighted by atomic mass is 9.89. The molecule has 1 fully saturated rings. The van der Waals surface area contributed by atoms with Crippen molar-refractivity contribution in [1.29, 1.82) is 0 Å². The Morgan fingerprint density at radius 2 is 1.62 bits per heavy atom. The van der Waals surface area contributed by atoms with Gasteiger partial charge in [0.1, 0.15) is 0 Å². The summed E-state index contributed by atoms with van der Waals surface area (Å²) in [6.45, 7) is 3.92. The third-order valence-electron chi connectivity index (χ3n) is 1.82. The minimum atomic E-state index is -0.0204. The molecule has 1 saturated carbocycles. The third-order valence-corrected chi connectivity index (χ3v) is 1.82. The van der Waals surface area contributed by atoms with Crippen molar-refractivity contribution >= 4 is 0 Å². The Morgan fingerprint density at radius 3 is 2.00 bits per heavy atom. The van der Waals surface area contributed by atoms with Crippen LogP contribution in [0, 0.1) is 12.8 Å². The molecule has 47 valence electrons. The lowest BCUT2D eigenvalue weighted by molar-refractivity contribution is 0.117. The first kappa shape index (κ1) is 6.09. The molecule has 0 heterocycles. The Morgan fingerprint density at radius 1 is 1.12 bits per heavy atom. The van der Waals surface area contributed by atoms with Crippen LogP contribution in [0.2, 0.25) is 0 Å². The standard InChI is InChI=1S/C7H13O/c1-6-2-4-7(8)5-3-6/h6-8H,1-5H2/t6-,7+. The van der Waals surface area contributed by atoms with Crippen molar-refractivity contribution in [3.63, 3.8) is 0 Å². The van der Waals surface area contributed by atoms with Gasteiger partial charge in [0.25, 0.3) is 0 Å². The molecule has 0 aromatic rings. The quantitative estimate of drug-likeness (QED) is 0.503. The first-order chi connectivity index (χ1) is 3.79. The van der Waals surface area contributed by atoms with Gasteiger partial charge in [0, 0.05) is 0 Å². The van der Waals surface area contributed by atoms with Crippen molar-refractivity contribution in [2.24, 2.45) is 5.92 Å². The van der Waals surface area contributed by atoms with E-state index in [1.807, 2.05) is 0 Å². The highest BCUT2D eigenvalue weighted by atomic mass is 16.3. The van der Waals surface area contributed by atoms with Gasteiger partial charge < -0.3 is 5.11 Å². The molecule has 1 aliphatic rings. The molecule has 0 saturated heterocycles. The molecule has 1 aliphatic carbocycles. The van der Waals surface area contributed by atoms with Gasteiger partial charge in [-0.05, 0) is 31.6 Å². The predicted molar refractivity (Wildman–Crippen MR) is 33.3 cm³/mol. The van der Waals surface area contributed by atoms with Gasteiger partial charge in [-0.3, -0.25) is 0 Å². The molecule has 0 amide bonds. The summed E-state index contributed by atoms with van der Waals surface area (Å²) in [4.78, 5) is 0. The number of aliphatic hydroxyl groups is 1. The predicted octanol–water partition coefficient (Wildman–Crippen LogP) is 1.37. The largest absolute Gasteiger partial charge is 0.393 e. The first-order valence-corrected chi connectivity index (χ1v) is 3.30. The van der Waals surface area contributed by atoms with Crippen molar-refractivity contribution in [2.45, 2.75) is 31.8 Å². The van der Waals surface area contributed by atoms with Crippen LogP contribution in [-0.2, 0) is 0 Å². The molecule has 0 aliphatic heterocycles. The van der Waals surface area contributed by atoms with Gasteiger partial charge in [0.05, 0.1) is 6.10 Å². The van der Waals surface area contributed by atoms with Gasteiger partial charge in [0.15, 0.2) is 0 Å². The monoisotopic (exact) mass is 113 g/mol. The van der Waals surface area contributed by atoms with Crippen LogP contribution in [-0.4, -0.2) is 11.2 Å². The van der Waals surface area contributed by atoms with E-state index >= 15 is 0 Å². The second-order valence-corrected chi connectivity index (χ2v) is 2.67. The van der Waals surface area contributed by atoms with Crippen LogP contribution in [0.1, 0.15) is 25.7 Å². The van der Waals surface area contributed by atoms with Gasteiger partial charge in [-0.1, -0.05) is 6.92 Å². The number of hydrogen-bond donors (Lipinski definition) is 1. The molecule has 1 N–H and O–H groups in total. The van der Waals surface area contributed by atoms with Crippen LogP contribution in [0.4, 0.5) is 0 Å². The fourth-order valence-electron chi connectivity index (χ4n) is 1.14. The normalized spacial score (nSPS) is 39.8. The van der Waals surface area contributed by atoms with Crippen molar-refractivity contribution in [1.82, 2.24) is 0 Å². The molecule has 0 aromatic heterocycles. The highest BCUT2D eigenvalue weighted by Crippen LogP contribution is 2.22. The molecule has 1 rings (SSSR count). The van der Waals surface area contributed by atoms with E-state index in [9.17, 15) is 0 Å². The van der Waals surface area contributed by atoms with Crippen LogP contribution in [0.15, 0.2) is 0 Å². The van der Waals surface area contributed by atoms with Gasteiger partial charge in [-0.15, -0.1) is 0 Å². The summed E-state index contributed by atoms with van der Waals surface area (Å²) in [6, 6.07) is 0. The maximum Gasteiger partial charge on any atom is 0.0540 e. The molecule has 1 nitrogen and oxygen atoms in total. The molecule has 0 aromatic carbocycles. The molecule has 0 bridgehead atoms. The SMILES string of the molecule is [CH2][C@H]1CC[C@@H](O)CC1. The van der Waals surface area contributed by atoms with Crippen molar-refractivity contribution in [3.8, 4) is 0 Å². The van der Waals surface area contributed by atoms with Gasteiger partial charge in [-0.2, -0.15) is 0 Å². The van der Waals surface area contributed by atoms with Crippen LogP contribution in [0.5, 0.6) is 0 Å². The molecule has 0 atom stereocenters. The fraction of sp³-hybridized carbons (Fsp3) is 0.857. The zero-order chi connectivity index (χ0) is 5.98. The Balaban J connectivity index is 2.19. The summed E-state index contributed by atoms with van der Waals surface area (Å²) in [7, 11) is 0. The molecule has 1 heteroatoms. The van der Waals surface area contributed by atoms with Crippen LogP contribution >= 0.6 is 0 Å². The minimum absolute atomic E-state index is 0.0204. The number of aliphatic hydroxyl groups excluding tert-OH is 1. The molecule has 8 heavy (non-hydrogen) atoms. The summed E-state index contributed by atoms with van der Waals surface area (Å²) in [5.41, 5.74) is 0. The maximum absolute atomic E-state index is 9.00. The van der Waals surface area contributed by atoms with Gasteiger partial charge in [0.2, 0.25) is 0 Å². The van der Waals surface area contributed by atoms with Crippen LogP contribution in [0.25, 0.3) is 0 Å². The Kier molecular flexibility index (Phi) is 1.90. The zero-order valence-corrected chi connectivity index (χ0v) is 5.14. The fourth-order valence-corrected chi connectivity index (χ4v) is 1.14. The molecular formula is C7H13O. The summed E-state index contributed by atoms with van der Waals surface area (Å²) in [5.74, 6) is 0.610. The Hall–Kier alpha value is -0.0400. The molecule has 0 unspecified atom stereocenters. The van der Waals surface area contributed by atoms with Crippen LogP contribution < -0.4 is 0 Å². The van der Waals surface area contributed by atoms with Crippen LogP contribution in [0.3, 0.4) is 0 Å². The summed E-state index contributed by atoms with van der Waals surface area (Å²) in [6.07, 6.45) is 4.14. The first-order valence-electron chi connectivity index (χ1n) is 3.30. The third kappa shape index (κ3) is 1.48. The topological polar surface area (TPSA) is 20.2 Å². The summed E-state index contributed by atoms with van der Waals surface area (Å²) >= 11 is 0. The van der Waals surface area contributed by atoms with Crippen molar-refractivity contribution < 1.29 is 5.11 Å². The second kappa shape index (κ2) is 2.49. The maximum atomic E-state index is 9.00. The van der Waals surface area contributed by atoms with E-state index in [1.165, 1.54) is 0 Å². The molecule has 1 radical (unpaired) electrons. The van der Waals surface area contributed by atoms with E-state index in [-0.39, 0.29) is 6.10 Å².